The van der Waals surface area contributed by atoms with Gasteiger partial charge in [0.2, 0.25) is 5.75 Å². The molecule has 0 saturated carbocycles. The minimum atomic E-state index is -0.614. The van der Waals surface area contributed by atoms with Gasteiger partial charge in [0, 0.05) is 11.1 Å². The van der Waals surface area contributed by atoms with Gasteiger partial charge in [0.25, 0.3) is 0 Å². The molecule has 3 aromatic rings. The average Bonchev–Trinajstić information content (AvgIpc) is 2.78. The van der Waals surface area contributed by atoms with Crippen LogP contribution in [0.25, 0.3) is 0 Å². The maximum atomic E-state index is 12.4. The monoisotopic (exact) mass is 392 g/mol. The Morgan fingerprint density at radius 2 is 1.31 bits per heavy atom. The van der Waals surface area contributed by atoms with Crippen molar-refractivity contribution in [2.45, 2.75) is 0 Å². The molecule has 0 bridgehead atoms. The van der Waals surface area contributed by atoms with Crippen LogP contribution in [0.5, 0.6) is 23.0 Å². The SMILES string of the molecule is COc1cccc(OC)c1OC(=O)COc1ccc(C(=O)c2ccccc2)cc1. The Morgan fingerprint density at radius 1 is 0.724 bits per heavy atom. The van der Waals surface area contributed by atoms with E-state index in [-0.39, 0.29) is 18.1 Å². The molecule has 0 heterocycles. The molecule has 0 spiro atoms. The standard InChI is InChI=1S/C23H20O6/c1-26-19-9-6-10-20(27-2)23(19)29-21(24)15-28-18-13-11-17(12-14-18)22(25)16-7-4-3-5-8-16/h3-14H,15H2,1-2H3. The third-order valence-electron chi connectivity index (χ3n) is 4.11. The van der Waals surface area contributed by atoms with Crippen molar-refractivity contribution in [3.05, 3.63) is 83.9 Å². The Kier molecular flexibility index (Phi) is 6.47. The molecule has 6 heteroatoms. The zero-order valence-electron chi connectivity index (χ0n) is 16.1. The summed E-state index contributed by atoms with van der Waals surface area (Å²) in [5.74, 6) is 0.688. The van der Waals surface area contributed by atoms with Gasteiger partial charge in [-0.3, -0.25) is 4.79 Å². The number of carbonyl (C=O) groups is 2. The second-order valence-electron chi connectivity index (χ2n) is 5.97. The van der Waals surface area contributed by atoms with Gasteiger partial charge in [0.15, 0.2) is 23.9 Å². The van der Waals surface area contributed by atoms with Crippen molar-refractivity contribution in [3.63, 3.8) is 0 Å². The molecule has 0 saturated heterocycles. The normalized spacial score (nSPS) is 10.1. The lowest BCUT2D eigenvalue weighted by Crippen LogP contribution is -2.18. The van der Waals surface area contributed by atoms with Crippen LogP contribution in [0.15, 0.2) is 72.8 Å². The van der Waals surface area contributed by atoms with E-state index in [4.69, 9.17) is 18.9 Å². The molecule has 0 unspecified atom stereocenters. The first-order valence-corrected chi connectivity index (χ1v) is 8.86. The molecule has 0 aromatic heterocycles. The first kappa shape index (κ1) is 19.9. The van der Waals surface area contributed by atoms with Gasteiger partial charge in [-0.05, 0) is 36.4 Å². The van der Waals surface area contributed by atoms with E-state index < -0.39 is 5.97 Å². The van der Waals surface area contributed by atoms with Gasteiger partial charge in [-0.25, -0.2) is 4.79 Å². The van der Waals surface area contributed by atoms with E-state index in [1.165, 1.54) is 14.2 Å². The number of ether oxygens (including phenoxy) is 4. The number of hydrogen-bond donors (Lipinski definition) is 0. The van der Waals surface area contributed by atoms with Crippen molar-refractivity contribution < 1.29 is 28.5 Å². The molecular formula is C23H20O6. The number of methoxy groups -OCH3 is 2. The smallest absolute Gasteiger partial charge is 0.349 e. The number of benzene rings is 3. The molecule has 0 amide bonds. The van der Waals surface area contributed by atoms with E-state index in [9.17, 15) is 9.59 Å². The lowest BCUT2D eigenvalue weighted by Gasteiger charge is -2.13. The summed E-state index contributed by atoms with van der Waals surface area (Å²) < 4.78 is 21.2. The second-order valence-corrected chi connectivity index (χ2v) is 5.97. The fourth-order valence-electron chi connectivity index (χ4n) is 2.66. The summed E-state index contributed by atoms with van der Waals surface area (Å²) in [5.41, 5.74) is 1.14. The zero-order chi connectivity index (χ0) is 20.6. The van der Waals surface area contributed by atoms with Crippen LogP contribution >= 0.6 is 0 Å². The van der Waals surface area contributed by atoms with Crippen LogP contribution in [0.4, 0.5) is 0 Å². The third kappa shape index (κ3) is 4.93. The predicted molar refractivity (Wildman–Crippen MR) is 107 cm³/mol. The van der Waals surface area contributed by atoms with Crippen molar-refractivity contribution in [2.24, 2.45) is 0 Å². The summed E-state index contributed by atoms with van der Waals surface area (Å²) in [4.78, 5) is 24.6. The van der Waals surface area contributed by atoms with Crippen LogP contribution in [-0.4, -0.2) is 32.6 Å². The fraction of sp³-hybridized carbons (Fsp3) is 0.130. The molecule has 6 nitrogen and oxygen atoms in total. The first-order valence-electron chi connectivity index (χ1n) is 8.86. The lowest BCUT2D eigenvalue weighted by molar-refractivity contribution is -0.136. The van der Waals surface area contributed by atoms with Gasteiger partial charge >= 0.3 is 5.97 Å². The van der Waals surface area contributed by atoms with Crippen LogP contribution in [0.1, 0.15) is 15.9 Å². The van der Waals surface area contributed by atoms with Gasteiger partial charge in [-0.2, -0.15) is 0 Å². The number of para-hydroxylation sites is 1. The molecule has 3 aromatic carbocycles. The molecule has 0 atom stereocenters. The van der Waals surface area contributed by atoms with Crippen molar-refractivity contribution in [3.8, 4) is 23.0 Å². The lowest BCUT2D eigenvalue weighted by atomic mass is 10.0. The molecule has 0 aliphatic carbocycles. The van der Waals surface area contributed by atoms with Crippen molar-refractivity contribution in [1.82, 2.24) is 0 Å². The van der Waals surface area contributed by atoms with Gasteiger partial charge in [-0.1, -0.05) is 36.4 Å². The highest BCUT2D eigenvalue weighted by Gasteiger charge is 2.16. The first-order chi connectivity index (χ1) is 14.1. The highest BCUT2D eigenvalue weighted by molar-refractivity contribution is 6.08. The van der Waals surface area contributed by atoms with Crippen LogP contribution < -0.4 is 18.9 Å². The summed E-state index contributed by atoms with van der Waals surface area (Å²) in [7, 11) is 2.95. The number of ketones is 1. The van der Waals surface area contributed by atoms with Crippen LogP contribution in [-0.2, 0) is 4.79 Å². The molecule has 3 rings (SSSR count). The van der Waals surface area contributed by atoms with Gasteiger partial charge < -0.3 is 18.9 Å². The topological polar surface area (TPSA) is 71.1 Å². The van der Waals surface area contributed by atoms with Gasteiger partial charge in [0.1, 0.15) is 5.75 Å². The summed E-state index contributed by atoms with van der Waals surface area (Å²) in [6.07, 6.45) is 0. The van der Waals surface area contributed by atoms with E-state index in [0.29, 0.717) is 28.4 Å². The summed E-state index contributed by atoms with van der Waals surface area (Å²) >= 11 is 0. The molecule has 148 valence electrons. The van der Waals surface area contributed by atoms with Crippen molar-refractivity contribution in [1.29, 1.82) is 0 Å². The van der Waals surface area contributed by atoms with Crippen LogP contribution in [0.2, 0.25) is 0 Å². The average molecular weight is 392 g/mol. The summed E-state index contributed by atoms with van der Waals surface area (Å²) in [5, 5.41) is 0. The quantitative estimate of drug-likeness (QED) is 0.329. The summed E-state index contributed by atoms with van der Waals surface area (Å²) in [6.45, 7) is -0.312. The maximum Gasteiger partial charge on any atom is 0.349 e. The molecule has 0 fully saturated rings. The minimum absolute atomic E-state index is 0.0835. The van der Waals surface area contributed by atoms with Crippen molar-refractivity contribution >= 4 is 11.8 Å². The van der Waals surface area contributed by atoms with Gasteiger partial charge in [-0.15, -0.1) is 0 Å². The molecule has 0 N–H and O–H groups in total. The highest BCUT2D eigenvalue weighted by atomic mass is 16.6. The number of rotatable bonds is 8. The Bertz CT molecular complexity index is 958. The number of carbonyl (C=O) groups excluding carboxylic acids is 2. The van der Waals surface area contributed by atoms with Crippen molar-refractivity contribution in [2.75, 3.05) is 20.8 Å². The fourth-order valence-corrected chi connectivity index (χ4v) is 2.66. The minimum Gasteiger partial charge on any atom is -0.493 e. The third-order valence-corrected chi connectivity index (χ3v) is 4.11. The largest absolute Gasteiger partial charge is 0.493 e. The number of esters is 1. The number of hydrogen-bond acceptors (Lipinski definition) is 6. The summed E-state index contributed by atoms with van der Waals surface area (Å²) in [6, 6.07) is 20.6. The van der Waals surface area contributed by atoms with Crippen LogP contribution in [0.3, 0.4) is 0 Å². The molecule has 29 heavy (non-hydrogen) atoms. The molecular weight excluding hydrogens is 372 g/mol. The van der Waals surface area contributed by atoms with E-state index in [1.54, 1.807) is 54.6 Å². The maximum absolute atomic E-state index is 12.4. The highest BCUT2D eigenvalue weighted by Crippen LogP contribution is 2.36. The molecule has 0 aliphatic rings. The Labute approximate surface area is 168 Å². The van der Waals surface area contributed by atoms with E-state index in [2.05, 4.69) is 0 Å². The van der Waals surface area contributed by atoms with E-state index in [0.717, 1.165) is 0 Å². The molecule has 0 aliphatic heterocycles. The Hall–Kier alpha value is -3.80. The second kappa shape index (κ2) is 9.41. The van der Waals surface area contributed by atoms with Gasteiger partial charge in [0.05, 0.1) is 14.2 Å². The molecule has 0 radical (unpaired) electrons. The predicted octanol–water partition coefficient (Wildman–Crippen LogP) is 3.92. The zero-order valence-corrected chi connectivity index (χ0v) is 16.1. The van der Waals surface area contributed by atoms with Crippen LogP contribution in [0, 0.1) is 0 Å². The van der Waals surface area contributed by atoms with E-state index >= 15 is 0 Å². The van der Waals surface area contributed by atoms with E-state index in [1.807, 2.05) is 18.2 Å². The Balaban J connectivity index is 1.61. The Morgan fingerprint density at radius 3 is 1.90 bits per heavy atom.